The van der Waals surface area contributed by atoms with E-state index in [0.717, 1.165) is 12.2 Å². The lowest BCUT2D eigenvalue weighted by Gasteiger charge is -2.13. The number of aromatic nitrogens is 2. The molecule has 1 aromatic heterocycles. The van der Waals surface area contributed by atoms with Gasteiger partial charge in [-0.2, -0.15) is 4.98 Å². The zero-order valence-corrected chi connectivity index (χ0v) is 11.8. The lowest BCUT2D eigenvalue weighted by atomic mass is 9.99. The molecule has 2 rings (SSSR count). The van der Waals surface area contributed by atoms with Crippen molar-refractivity contribution in [3.8, 4) is 0 Å². The van der Waals surface area contributed by atoms with Gasteiger partial charge in [0.15, 0.2) is 5.82 Å². The SMILES string of the molecule is CCC(c1nc(Cc2ccccc2C)no1)C(C)N. The van der Waals surface area contributed by atoms with E-state index < -0.39 is 0 Å². The fourth-order valence-electron chi connectivity index (χ4n) is 2.24. The Morgan fingerprint density at radius 2 is 2.05 bits per heavy atom. The summed E-state index contributed by atoms with van der Waals surface area (Å²) < 4.78 is 5.35. The molecule has 0 aliphatic rings. The molecule has 2 N–H and O–H groups in total. The Morgan fingerprint density at radius 1 is 1.32 bits per heavy atom. The Kier molecular flexibility index (Phi) is 4.32. The number of nitrogens with two attached hydrogens (primary N) is 1. The highest BCUT2D eigenvalue weighted by Crippen LogP contribution is 2.21. The molecule has 2 atom stereocenters. The van der Waals surface area contributed by atoms with Crippen LogP contribution in [-0.2, 0) is 6.42 Å². The number of nitrogens with zero attached hydrogens (tertiary/aromatic N) is 2. The Bertz CT molecular complexity index is 534. The van der Waals surface area contributed by atoms with Crippen molar-refractivity contribution in [3.63, 3.8) is 0 Å². The Balaban J connectivity index is 2.16. The fraction of sp³-hybridized carbons (Fsp3) is 0.467. The first-order valence-corrected chi connectivity index (χ1v) is 6.74. The minimum Gasteiger partial charge on any atom is -0.339 e. The van der Waals surface area contributed by atoms with Crippen LogP contribution < -0.4 is 5.73 Å². The molecule has 0 saturated carbocycles. The first kappa shape index (κ1) is 13.7. The monoisotopic (exact) mass is 259 g/mol. The van der Waals surface area contributed by atoms with Crippen LogP contribution in [0, 0.1) is 6.92 Å². The summed E-state index contributed by atoms with van der Waals surface area (Å²) >= 11 is 0. The van der Waals surface area contributed by atoms with Gasteiger partial charge in [-0.1, -0.05) is 36.3 Å². The maximum absolute atomic E-state index is 5.94. The van der Waals surface area contributed by atoms with Gasteiger partial charge < -0.3 is 10.3 Å². The molecule has 0 radical (unpaired) electrons. The van der Waals surface area contributed by atoms with Gasteiger partial charge in [-0.15, -0.1) is 0 Å². The predicted molar refractivity (Wildman–Crippen MR) is 75.0 cm³/mol. The molecule has 2 aromatic rings. The molecule has 1 heterocycles. The molecule has 0 aliphatic carbocycles. The molecule has 1 aromatic carbocycles. The van der Waals surface area contributed by atoms with Crippen LogP contribution in [0.3, 0.4) is 0 Å². The molecule has 0 saturated heterocycles. The second-order valence-corrected chi connectivity index (χ2v) is 5.03. The summed E-state index contributed by atoms with van der Waals surface area (Å²) in [7, 11) is 0. The van der Waals surface area contributed by atoms with Crippen molar-refractivity contribution in [1.82, 2.24) is 10.1 Å². The zero-order chi connectivity index (χ0) is 13.8. The highest BCUT2D eigenvalue weighted by Gasteiger charge is 2.21. The quantitative estimate of drug-likeness (QED) is 0.896. The first-order chi connectivity index (χ1) is 9.11. The number of hydrogen-bond acceptors (Lipinski definition) is 4. The highest BCUT2D eigenvalue weighted by atomic mass is 16.5. The third-order valence-electron chi connectivity index (χ3n) is 3.49. The third-order valence-corrected chi connectivity index (χ3v) is 3.49. The molecule has 0 spiro atoms. The molecular weight excluding hydrogens is 238 g/mol. The van der Waals surface area contributed by atoms with E-state index in [4.69, 9.17) is 10.3 Å². The predicted octanol–water partition coefficient (Wildman–Crippen LogP) is 2.81. The van der Waals surface area contributed by atoms with Crippen molar-refractivity contribution < 1.29 is 4.52 Å². The van der Waals surface area contributed by atoms with E-state index in [2.05, 4.69) is 36.1 Å². The molecule has 0 amide bonds. The minimum absolute atomic E-state index is 0.0248. The van der Waals surface area contributed by atoms with E-state index >= 15 is 0 Å². The topological polar surface area (TPSA) is 64.9 Å². The van der Waals surface area contributed by atoms with Gasteiger partial charge in [-0.3, -0.25) is 0 Å². The largest absolute Gasteiger partial charge is 0.339 e. The fourth-order valence-corrected chi connectivity index (χ4v) is 2.24. The summed E-state index contributed by atoms with van der Waals surface area (Å²) in [4.78, 5) is 4.48. The Hall–Kier alpha value is -1.68. The average Bonchev–Trinajstić information content (AvgIpc) is 2.81. The van der Waals surface area contributed by atoms with Crippen LogP contribution in [-0.4, -0.2) is 16.2 Å². The molecule has 0 fully saturated rings. The summed E-state index contributed by atoms with van der Waals surface area (Å²) in [6, 6.07) is 8.27. The second-order valence-electron chi connectivity index (χ2n) is 5.03. The molecule has 102 valence electrons. The molecule has 4 heteroatoms. The minimum atomic E-state index is 0.0248. The van der Waals surface area contributed by atoms with E-state index in [1.54, 1.807) is 0 Å². The van der Waals surface area contributed by atoms with Gasteiger partial charge in [-0.25, -0.2) is 0 Å². The van der Waals surface area contributed by atoms with Gasteiger partial charge in [0.25, 0.3) is 0 Å². The summed E-state index contributed by atoms with van der Waals surface area (Å²) in [5.41, 5.74) is 8.41. The summed E-state index contributed by atoms with van der Waals surface area (Å²) in [6.07, 6.45) is 1.61. The van der Waals surface area contributed by atoms with Crippen LogP contribution >= 0.6 is 0 Å². The van der Waals surface area contributed by atoms with Gasteiger partial charge in [0.2, 0.25) is 5.89 Å². The molecule has 19 heavy (non-hydrogen) atoms. The van der Waals surface area contributed by atoms with Crippen molar-refractivity contribution >= 4 is 0 Å². The number of rotatable bonds is 5. The van der Waals surface area contributed by atoms with E-state index in [0.29, 0.717) is 12.3 Å². The normalized spacial score (nSPS) is 14.3. The molecular formula is C15H21N3O. The van der Waals surface area contributed by atoms with Crippen LogP contribution in [0.2, 0.25) is 0 Å². The Morgan fingerprint density at radius 3 is 2.68 bits per heavy atom. The average molecular weight is 259 g/mol. The zero-order valence-electron chi connectivity index (χ0n) is 11.8. The number of aryl methyl sites for hydroxylation is 1. The first-order valence-electron chi connectivity index (χ1n) is 6.74. The van der Waals surface area contributed by atoms with Crippen LogP contribution in [0.4, 0.5) is 0 Å². The van der Waals surface area contributed by atoms with Crippen LogP contribution in [0.25, 0.3) is 0 Å². The molecule has 0 bridgehead atoms. The van der Waals surface area contributed by atoms with Gasteiger partial charge in [0.1, 0.15) is 0 Å². The van der Waals surface area contributed by atoms with Gasteiger partial charge in [-0.05, 0) is 31.4 Å². The van der Waals surface area contributed by atoms with Crippen LogP contribution in [0.15, 0.2) is 28.8 Å². The maximum Gasteiger partial charge on any atom is 0.231 e. The van der Waals surface area contributed by atoms with Crippen LogP contribution in [0.5, 0.6) is 0 Å². The summed E-state index contributed by atoms with van der Waals surface area (Å²) in [5, 5.41) is 4.06. The maximum atomic E-state index is 5.94. The number of benzene rings is 1. The standard InChI is InChI=1S/C15H21N3O/c1-4-13(11(3)16)15-17-14(18-19-15)9-12-8-6-5-7-10(12)2/h5-8,11,13H,4,9,16H2,1-3H3. The Labute approximate surface area is 114 Å². The van der Waals surface area contributed by atoms with Crippen molar-refractivity contribution in [1.29, 1.82) is 0 Å². The van der Waals surface area contributed by atoms with Crippen molar-refractivity contribution in [2.24, 2.45) is 5.73 Å². The van der Waals surface area contributed by atoms with Crippen molar-refractivity contribution in [3.05, 3.63) is 47.1 Å². The van der Waals surface area contributed by atoms with E-state index in [1.807, 2.05) is 19.1 Å². The van der Waals surface area contributed by atoms with Crippen LogP contribution in [0.1, 0.15) is 49.0 Å². The van der Waals surface area contributed by atoms with Gasteiger partial charge in [0.05, 0.1) is 5.92 Å². The van der Waals surface area contributed by atoms with E-state index in [9.17, 15) is 0 Å². The molecule has 4 nitrogen and oxygen atoms in total. The van der Waals surface area contributed by atoms with Crippen molar-refractivity contribution in [2.75, 3.05) is 0 Å². The number of hydrogen-bond donors (Lipinski definition) is 1. The van der Waals surface area contributed by atoms with E-state index in [1.165, 1.54) is 11.1 Å². The van der Waals surface area contributed by atoms with E-state index in [-0.39, 0.29) is 12.0 Å². The lowest BCUT2D eigenvalue weighted by molar-refractivity contribution is 0.331. The van der Waals surface area contributed by atoms with Gasteiger partial charge >= 0.3 is 0 Å². The molecule has 0 aliphatic heterocycles. The summed E-state index contributed by atoms with van der Waals surface area (Å²) in [6.45, 7) is 6.14. The van der Waals surface area contributed by atoms with Gasteiger partial charge in [0, 0.05) is 12.5 Å². The highest BCUT2D eigenvalue weighted by molar-refractivity contribution is 5.28. The second kappa shape index (κ2) is 5.97. The molecule has 2 unspecified atom stereocenters. The summed E-state index contributed by atoms with van der Waals surface area (Å²) in [5.74, 6) is 1.52. The lowest BCUT2D eigenvalue weighted by Crippen LogP contribution is -2.24. The van der Waals surface area contributed by atoms with Crippen molar-refractivity contribution in [2.45, 2.75) is 45.6 Å². The third kappa shape index (κ3) is 3.20. The smallest absolute Gasteiger partial charge is 0.231 e.